The molecule has 0 saturated carbocycles. The first-order chi connectivity index (χ1) is 9.94. The number of hydrogen-bond acceptors (Lipinski definition) is 2. The Kier molecular flexibility index (Phi) is 5.96. The fourth-order valence-electron chi connectivity index (χ4n) is 1.76. The molecule has 0 fully saturated rings. The summed E-state index contributed by atoms with van der Waals surface area (Å²) >= 11 is 18.2. The number of guanidine groups is 1. The van der Waals surface area contributed by atoms with Gasteiger partial charge < -0.3 is 10.6 Å². The van der Waals surface area contributed by atoms with Gasteiger partial charge in [0.25, 0.3) is 0 Å². The molecular formula is C14H19Cl3N4O. The van der Waals surface area contributed by atoms with E-state index in [-0.39, 0.29) is 11.0 Å². The molecular weight excluding hydrogens is 347 g/mol. The van der Waals surface area contributed by atoms with Gasteiger partial charge in [0.05, 0.1) is 15.1 Å². The number of amides is 2. The highest BCUT2D eigenvalue weighted by molar-refractivity contribution is 6.49. The smallest absolute Gasteiger partial charge is 0.321 e. The molecule has 0 saturated heterocycles. The van der Waals surface area contributed by atoms with Gasteiger partial charge in [-0.05, 0) is 45.7 Å². The Morgan fingerprint density at radius 1 is 1.00 bits per heavy atom. The molecule has 0 radical (unpaired) electrons. The standard InChI is InChI=1S/C14H19Cl3N4O/c1-6-8(15)10(17)9(16)7(2)11(6)19-12(18)20-13(22)21-14(3,4)5/h1-5H3,(H4,18,19,20,21,22). The molecule has 1 rings (SSSR count). The van der Waals surface area contributed by atoms with Gasteiger partial charge in [-0.2, -0.15) is 0 Å². The first kappa shape index (κ1) is 18.9. The summed E-state index contributed by atoms with van der Waals surface area (Å²) in [5.41, 5.74) is 1.44. The molecule has 0 unspecified atom stereocenters. The zero-order valence-electron chi connectivity index (χ0n) is 13.0. The maximum Gasteiger partial charge on any atom is 0.321 e. The van der Waals surface area contributed by atoms with Crippen LogP contribution in [0.1, 0.15) is 31.9 Å². The molecule has 22 heavy (non-hydrogen) atoms. The quantitative estimate of drug-likeness (QED) is 0.330. The van der Waals surface area contributed by atoms with Gasteiger partial charge in [-0.3, -0.25) is 10.7 Å². The van der Waals surface area contributed by atoms with Crippen molar-refractivity contribution in [2.24, 2.45) is 0 Å². The van der Waals surface area contributed by atoms with Crippen LogP contribution >= 0.6 is 34.8 Å². The van der Waals surface area contributed by atoms with Crippen LogP contribution in [0.3, 0.4) is 0 Å². The lowest BCUT2D eigenvalue weighted by Gasteiger charge is -2.22. The summed E-state index contributed by atoms with van der Waals surface area (Å²) in [5.74, 6) is -0.192. The topological polar surface area (TPSA) is 77.0 Å². The summed E-state index contributed by atoms with van der Waals surface area (Å²) in [6.07, 6.45) is 0. The molecule has 0 aliphatic carbocycles. The third-order valence-corrected chi connectivity index (χ3v) is 4.29. The minimum Gasteiger partial charge on any atom is -0.333 e. The molecule has 5 nitrogen and oxygen atoms in total. The molecule has 0 aliphatic rings. The van der Waals surface area contributed by atoms with Gasteiger partial charge in [0.2, 0.25) is 5.96 Å². The minimum atomic E-state index is -0.480. The fourth-order valence-corrected chi connectivity index (χ4v) is 2.47. The van der Waals surface area contributed by atoms with Crippen LogP contribution < -0.4 is 16.0 Å². The van der Waals surface area contributed by atoms with E-state index in [4.69, 9.17) is 40.2 Å². The Balaban J connectivity index is 2.92. The van der Waals surface area contributed by atoms with Crippen LogP contribution in [0.15, 0.2) is 0 Å². The van der Waals surface area contributed by atoms with E-state index in [1.165, 1.54) is 0 Å². The second-order valence-electron chi connectivity index (χ2n) is 5.90. The van der Waals surface area contributed by atoms with Crippen molar-refractivity contribution in [3.8, 4) is 0 Å². The monoisotopic (exact) mass is 364 g/mol. The van der Waals surface area contributed by atoms with Crippen molar-refractivity contribution in [1.82, 2.24) is 10.6 Å². The number of carbonyl (C=O) groups is 1. The summed E-state index contributed by atoms with van der Waals surface area (Å²) in [7, 11) is 0. The van der Waals surface area contributed by atoms with Crippen LogP contribution in [-0.2, 0) is 0 Å². The number of benzene rings is 1. The largest absolute Gasteiger partial charge is 0.333 e. The van der Waals surface area contributed by atoms with Crippen molar-refractivity contribution in [3.63, 3.8) is 0 Å². The van der Waals surface area contributed by atoms with Crippen molar-refractivity contribution in [3.05, 3.63) is 26.2 Å². The first-order valence-electron chi connectivity index (χ1n) is 6.52. The van der Waals surface area contributed by atoms with Gasteiger partial charge in [-0.25, -0.2) is 4.79 Å². The van der Waals surface area contributed by atoms with Gasteiger partial charge in [-0.1, -0.05) is 34.8 Å². The van der Waals surface area contributed by atoms with E-state index in [0.717, 1.165) is 0 Å². The zero-order chi connectivity index (χ0) is 17.2. The van der Waals surface area contributed by atoms with Crippen LogP contribution in [-0.4, -0.2) is 17.5 Å². The predicted molar refractivity (Wildman–Crippen MR) is 93.7 cm³/mol. The van der Waals surface area contributed by atoms with Crippen LogP contribution in [0.2, 0.25) is 15.1 Å². The number of nitrogens with one attached hydrogen (secondary N) is 4. The van der Waals surface area contributed by atoms with E-state index >= 15 is 0 Å². The molecule has 0 aliphatic heterocycles. The highest BCUT2D eigenvalue weighted by Gasteiger charge is 2.18. The van der Waals surface area contributed by atoms with Gasteiger partial charge in [0, 0.05) is 11.2 Å². The lowest BCUT2D eigenvalue weighted by molar-refractivity contribution is 0.236. The van der Waals surface area contributed by atoms with Crippen LogP contribution in [0.5, 0.6) is 0 Å². The fraction of sp³-hybridized carbons (Fsp3) is 0.429. The summed E-state index contributed by atoms with van der Waals surface area (Å²) in [6, 6.07) is -0.480. The van der Waals surface area contributed by atoms with Crippen molar-refractivity contribution in [2.75, 3.05) is 5.32 Å². The third-order valence-electron chi connectivity index (χ3n) is 2.77. The Hall–Kier alpha value is -1.17. The zero-order valence-corrected chi connectivity index (χ0v) is 15.3. The molecule has 0 spiro atoms. The lowest BCUT2D eigenvalue weighted by atomic mass is 10.1. The number of urea groups is 1. The van der Waals surface area contributed by atoms with E-state index in [1.807, 2.05) is 20.8 Å². The van der Waals surface area contributed by atoms with Crippen LogP contribution in [0.25, 0.3) is 0 Å². The number of anilines is 1. The molecule has 4 N–H and O–H groups in total. The molecule has 0 atom stereocenters. The molecule has 1 aromatic carbocycles. The molecule has 1 aromatic rings. The Bertz CT molecular complexity index is 594. The van der Waals surface area contributed by atoms with Crippen molar-refractivity contribution >= 4 is 52.5 Å². The van der Waals surface area contributed by atoms with Gasteiger partial charge in [-0.15, -0.1) is 0 Å². The summed E-state index contributed by atoms with van der Waals surface area (Å²) < 4.78 is 0. The maximum atomic E-state index is 11.7. The lowest BCUT2D eigenvalue weighted by Crippen LogP contribution is -2.49. The summed E-state index contributed by atoms with van der Waals surface area (Å²) in [4.78, 5) is 11.7. The second-order valence-corrected chi connectivity index (χ2v) is 7.03. The number of hydrogen-bond donors (Lipinski definition) is 4. The number of rotatable bonds is 1. The normalized spacial score (nSPS) is 11.1. The molecule has 122 valence electrons. The average Bonchev–Trinajstić information content (AvgIpc) is 2.37. The molecule has 0 bridgehead atoms. The van der Waals surface area contributed by atoms with E-state index in [1.54, 1.807) is 13.8 Å². The Labute approximate surface area is 145 Å². The van der Waals surface area contributed by atoms with Crippen LogP contribution in [0.4, 0.5) is 10.5 Å². The first-order valence-corrected chi connectivity index (χ1v) is 7.65. The van der Waals surface area contributed by atoms with E-state index < -0.39 is 11.6 Å². The third kappa shape index (κ3) is 4.66. The highest BCUT2D eigenvalue weighted by Crippen LogP contribution is 2.40. The average molecular weight is 366 g/mol. The molecule has 0 heterocycles. The van der Waals surface area contributed by atoms with Gasteiger partial charge in [0.1, 0.15) is 0 Å². The maximum absolute atomic E-state index is 11.7. The van der Waals surface area contributed by atoms with Crippen molar-refractivity contribution < 1.29 is 4.79 Å². The molecule has 2 amide bonds. The SMILES string of the molecule is Cc1c(Cl)c(Cl)c(Cl)c(C)c1NC(=N)NC(=O)NC(C)(C)C. The minimum absolute atomic E-state index is 0.192. The highest BCUT2D eigenvalue weighted by atomic mass is 35.5. The van der Waals surface area contributed by atoms with Crippen molar-refractivity contribution in [1.29, 1.82) is 5.41 Å². The summed E-state index contributed by atoms with van der Waals surface area (Å²) in [5, 5.41) is 16.6. The summed E-state index contributed by atoms with van der Waals surface area (Å²) in [6.45, 7) is 9.04. The molecule has 0 aromatic heterocycles. The van der Waals surface area contributed by atoms with Crippen molar-refractivity contribution in [2.45, 2.75) is 40.2 Å². The number of carbonyl (C=O) groups excluding carboxylic acids is 1. The predicted octanol–water partition coefficient (Wildman–Crippen LogP) is 4.71. The Morgan fingerprint density at radius 2 is 1.45 bits per heavy atom. The number of halogens is 3. The molecule has 8 heteroatoms. The van der Waals surface area contributed by atoms with E-state index in [9.17, 15) is 4.79 Å². The second kappa shape index (κ2) is 6.94. The van der Waals surface area contributed by atoms with Gasteiger partial charge >= 0.3 is 6.03 Å². The Morgan fingerprint density at radius 3 is 1.86 bits per heavy atom. The van der Waals surface area contributed by atoms with Crippen LogP contribution in [0, 0.1) is 19.3 Å². The van der Waals surface area contributed by atoms with Gasteiger partial charge in [0.15, 0.2) is 0 Å². The van der Waals surface area contributed by atoms with E-state index in [0.29, 0.717) is 26.9 Å². The van der Waals surface area contributed by atoms with E-state index in [2.05, 4.69) is 16.0 Å².